The molecule has 1 saturated carbocycles. The van der Waals surface area contributed by atoms with E-state index in [1.165, 1.54) is 71.0 Å². The zero-order valence-electron chi connectivity index (χ0n) is 12.9. The zero-order chi connectivity index (χ0) is 13.2. The van der Waals surface area contributed by atoms with Gasteiger partial charge < -0.3 is 10.2 Å². The number of nitrogens with one attached hydrogen (secondary N) is 1. The maximum Gasteiger partial charge on any atom is -0.00127 e. The Kier molecular flexibility index (Phi) is 8.70. The molecule has 1 aliphatic carbocycles. The van der Waals surface area contributed by atoms with Crippen LogP contribution in [0.1, 0.15) is 58.3 Å². The van der Waals surface area contributed by atoms with Gasteiger partial charge in [0.05, 0.1) is 0 Å². The third kappa shape index (κ3) is 7.38. The first-order valence-corrected chi connectivity index (χ1v) is 8.07. The number of nitrogens with zero attached hydrogens (tertiary/aromatic N) is 1. The van der Waals surface area contributed by atoms with Crippen molar-refractivity contribution in [3.8, 4) is 0 Å². The van der Waals surface area contributed by atoms with Crippen molar-refractivity contribution in [2.45, 2.75) is 58.3 Å². The summed E-state index contributed by atoms with van der Waals surface area (Å²) in [5.74, 6) is 2.01. The Labute approximate surface area is 115 Å². The van der Waals surface area contributed by atoms with Crippen LogP contribution >= 0.6 is 0 Å². The highest BCUT2D eigenvalue weighted by molar-refractivity contribution is 4.74. The number of hydrogen-bond donors (Lipinski definition) is 1. The summed E-state index contributed by atoms with van der Waals surface area (Å²) in [5.41, 5.74) is 0. The van der Waals surface area contributed by atoms with E-state index in [1.807, 2.05) is 0 Å². The summed E-state index contributed by atoms with van der Waals surface area (Å²) < 4.78 is 0. The van der Waals surface area contributed by atoms with Crippen LogP contribution in [0.25, 0.3) is 0 Å². The maximum absolute atomic E-state index is 3.64. The predicted octanol–water partition coefficient (Wildman–Crippen LogP) is 3.52. The minimum absolute atomic E-state index is 0.960. The summed E-state index contributed by atoms with van der Waals surface area (Å²) in [7, 11) is 4.30. The fourth-order valence-electron chi connectivity index (χ4n) is 3.04. The molecular weight excluding hydrogens is 220 g/mol. The van der Waals surface area contributed by atoms with Gasteiger partial charge in [0.15, 0.2) is 0 Å². The van der Waals surface area contributed by atoms with Crippen LogP contribution in [0.4, 0.5) is 0 Å². The van der Waals surface area contributed by atoms with E-state index in [4.69, 9.17) is 0 Å². The van der Waals surface area contributed by atoms with E-state index < -0.39 is 0 Å². The zero-order valence-corrected chi connectivity index (χ0v) is 12.9. The molecular formula is C16H34N2. The lowest BCUT2D eigenvalue weighted by Gasteiger charge is -2.28. The lowest BCUT2D eigenvalue weighted by Crippen LogP contribution is -2.28. The van der Waals surface area contributed by atoms with Crippen molar-refractivity contribution in [1.29, 1.82) is 0 Å². The molecule has 2 heteroatoms. The van der Waals surface area contributed by atoms with Gasteiger partial charge in [-0.15, -0.1) is 0 Å². The maximum atomic E-state index is 3.64. The fourth-order valence-corrected chi connectivity index (χ4v) is 3.04. The van der Waals surface area contributed by atoms with Crippen molar-refractivity contribution in [3.63, 3.8) is 0 Å². The third-order valence-corrected chi connectivity index (χ3v) is 4.32. The van der Waals surface area contributed by atoms with Crippen molar-refractivity contribution >= 4 is 0 Å². The van der Waals surface area contributed by atoms with E-state index in [2.05, 4.69) is 31.2 Å². The molecule has 0 aromatic heterocycles. The molecule has 1 aliphatic rings. The van der Waals surface area contributed by atoms with Gasteiger partial charge in [0.2, 0.25) is 0 Å². The van der Waals surface area contributed by atoms with Crippen LogP contribution < -0.4 is 5.32 Å². The molecule has 0 heterocycles. The van der Waals surface area contributed by atoms with Crippen LogP contribution in [-0.2, 0) is 0 Å². The van der Waals surface area contributed by atoms with Crippen molar-refractivity contribution < 1.29 is 0 Å². The molecule has 0 spiro atoms. The van der Waals surface area contributed by atoms with Gasteiger partial charge in [0, 0.05) is 0 Å². The predicted molar refractivity (Wildman–Crippen MR) is 81.0 cm³/mol. The van der Waals surface area contributed by atoms with Crippen LogP contribution in [0.2, 0.25) is 0 Å². The Balaban J connectivity index is 1.95. The van der Waals surface area contributed by atoms with Gasteiger partial charge in [-0.05, 0) is 64.8 Å². The second-order valence-corrected chi connectivity index (χ2v) is 6.39. The van der Waals surface area contributed by atoms with Gasteiger partial charge in [-0.1, -0.05) is 39.0 Å². The first kappa shape index (κ1) is 16.0. The van der Waals surface area contributed by atoms with Crippen LogP contribution in [-0.4, -0.2) is 38.6 Å². The molecule has 0 unspecified atom stereocenters. The SMILES string of the molecule is CCCCC1CCC(CNCCCN(C)C)CC1. The Morgan fingerprint density at radius 1 is 1.00 bits per heavy atom. The van der Waals surface area contributed by atoms with Crippen LogP contribution in [0.15, 0.2) is 0 Å². The Morgan fingerprint density at radius 2 is 1.67 bits per heavy atom. The molecule has 0 aromatic carbocycles. The van der Waals surface area contributed by atoms with Gasteiger partial charge in [-0.3, -0.25) is 0 Å². The minimum atomic E-state index is 0.960. The van der Waals surface area contributed by atoms with Gasteiger partial charge >= 0.3 is 0 Å². The molecule has 1 rings (SSSR count). The fraction of sp³-hybridized carbons (Fsp3) is 1.00. The van der Waals surface area contributed by atoms with E-state index in [-0.39, 0.29) is 0 Å². The molecule has 2 nitrogen and oxygen atoms in total. The lowest BCUT2D eigenvalue weighted by atomic mass is 9.80. The smallest absolute Gasteiger partial charge is 0.00127 e. The third-order valence-electron chi connectivity index (χ3n) is 4.32. The van der Waals surface area contributed by atoms with E-state index >= 15 is 0 Å². The number of hydrogen-bond acceptors (Lipinski definition) is 2. The highest BCUT2D eigenvalue weighted by Gasteiger charge is 2.20. The van der Waals surface area contributed by atoms with E-state index in [1.54, 1.807) is 0 Å². The second kappa shape index (κ2) is 9.80. The molecule has 1 fully saturated rings. The summed E-state index contributed by atoms with van der Waals surface area (Å²) in [6.07, 6.45) is 11.5. The average molecular weight is 254 g/mol. The molecule has 0 amide bonds. The number of rotatable bonds is 9. The highest BCUT2D eigenvalue weighted by atomic mass is 15.1. The van der Waals surface area contributed by atoms with Gasteiger partial charge in [-0.2, -0.15) is 0 Å². The average Bonchev–Trinajstić information content (AvgIpc) is 2.37. The number of unbranched alkanes of at least 4 members (excludes halogenated alkanes) is 1. The highest BCUT2D eigenvalue weighted by Crippen LogP contribution is 2.31. The first-order chi connectivity index (χ1) is 8.72. The molecule has 0 bridgehead atoms. The largest absolute Gasteiger partial charge is 0.316 e. The molecule has 0 atom stereocenters. The normalized spacial score (nSPS) is 24.7. The standard InChI is InChI=1S/C16H34N2/c1-4-5-7-15-8-10-16(11-9-15)14-17-12-6-13-18(2)3/h15-17H,4-14H2,1-3H3. The summed E-state index contributed by atoms with van der Waals surface area (Å²) in [4.78, 5) is 2.26. The van der Waals surface area contributed by atoms with E-state index in [0.29, 0.717) is 0 Å². The Bertz CT molecular complexity index is 184. The molecule has 0 aromatic rings. The molecule has 108 valence electrons. The Morgan fingerprint density at radius 3 is 2.28 bits per heavy atom. The summed E-state index contributed by atoms with van der Waals surface area (Å²) >= 11 is 0. The van der Waals surface area contributed by atoms with Crippen LogP contribution in [0.3, 0.4) is 0 Å². The Hall–Kier alpha value is -0.0800. The minimum Gasteiger partial charge on any atom is -0.316 e. The summed E-state index contributed by atoms with van der Waals surface area (Å²) in [6, 6.07) is 0. The van der Waals surface area contributed by atoms with E-state index in [9.17, 15) is 0 Å². The van der Waals surface area contributed by atoms with Crippen LogP contribution in [0, 0.1) is 11.8 Å². The summed E-state index contributed by atoms with van der Waals surface area (Å²) in [6.45, 7) is 5.96. The van der Waals surface area contributed by atoms with Gasteiger partial charge in [0.25, 0.3) is 0 Å². The topological polar surface area (TPSA) is 15.3 Å². The molecule has 0 radical (unpaired) electrons. The van der Waals surface area contributed by atoms with Crippen molar-refractivity contribution in [3.05, 3.63) is 0 Å². The molecule has 18 heavy (non-hydrogen) atoms. The molecule has 1 N–H and O–H groups in total. The first-order valence-electron chi connectivity index (χ1n) is 8.07. The van der Waals surface area contributed by atoms with E-state index in [0.717, 1.165) is 11.8 Å². The van der Waals surface area contributed by atoms with Gasteiger partial charge in [0.1, 0.15) is 0 Å². The van der Waals surface area contributed by atoms with Crippen molar-refractivity contribution in [2.24, 2.45) is 11.8 Å². The van der Waals surface area contributed by atoms with Gasteiger partial charge in [-0.25, -0.2) is 0 Å². The van der Waals surface area contributed by atoms with Crippen molar-refractivity contribution in [2.75, 3.05) is 33.7 Å². The summed E-state index contributed by atoms with van der Waals surface area (Å²) in [5, 5.41) is 3.64. The monoisotopic (exact) mass is 254 g/mol. The second-order valence-electron chi connectivity index (χ2n) is 6.39. The molecule has 0 aliphatic heterocycles. The lowest BCUT2D eigenvalue weighted by molar-refractivity contribution is 0.253. The molecule has 0 saturated heterocycles. The van der Waals surface area contributed by atoms with Crippen LogP contribution in [0.5, 0.6) is 0 Å². The quantitative estimate of drug-likeness (QED) is 0.633. The van der Waals surface area contributed by atoms with Crippen molar-refractivity contribution in [1.82, 2.24) is 10.2 Å².